The van der Waals surface area contributed by atoms with Gasteiger partial charge in [0.15, 0.2) is 5.65 Å². The topological polar surface area (TPSA) is 88.4 Å². The molecule has 2 N–H and O–H groups in total. The van der Waals surface area contributed by atoms with E-state index in [0.29, 0.717) is 28.4 Å². The molecule has 2 heterocycles. The summed E-state index contributed by atoms with van der Waals surface area (Å²) in [7, 11) is 0. The lowest BCUT2D eigenvalue weighted by Gasteiger charge is -2.07. The Morgan fingerprint density at radius 2 is 1.94 bits per heavy atom. The van der Waals surface area contributed by atoms with Crippen LogP contribution in [0.4, 0.5) is 13.2 Å². The maximum Gasteiger partial charge on any atom is 0.389 e. The predicted molar refractivity (Wildman–Crippen MR) is 110 cm³/mol. The lowest BCUT2D eigenvalue weighted by molar-refractivity contribution is -0.144. The first-order valence-electron chi connectivity index (χ1n) is 10.3. The Bertz CT molecular complexity index is 1140. The Hall–Kier alpha value is -3.43. The minimum atomic E-state index is -4.36. The lowest BCUT2D eigenvalue weighted by atomic mass is 10.1. The third-order valence-corrected chi connectivity index (χ3v) is 5.18. The first kappa shape index (κ1) is 21.8. The van der Waals surface area contributed by atoms with Crippen molar-refractivity contribution >= 4 is 17.5 Å². The average molecular weight is 445 g/mol. The zero-order valence-corrected chi connectivity index (χ0v) is 17.2. The summed E-state index contributed by atoms with van der Waals surface area (Å²) in [5.74, 6) is -0.296. The van der Waals surface area contributed by atoms with Crippen molar-refractivity contribution in [2.45, 2.75) is 50.9 Å². The summed E-state index contributed by atoms with van der Waals surface area (Å²) in [4.78, 5) is 28.5. The summed E-state index contributed by atoms with van der Waals surface area (Å²) < 4.78 is 38.1. The third kappa shape index (κ3) is 5.83. The van der Waals surface area contributed by atoms with Crippen LogP contribution in [0.15, 0.2) is 42.7 Å². The molecule has 3 aromatic rings. The van der Waals surface area contributed by atoms with E-state index in [-0.39, 0.29) is 19.0 Å². The SMILES string of the molecule is O=C(CCC(F)(F)F)NCc1cnn2cc(CNC(=O)c3cccc(C4CC4)c3)nc2c1. The van der Waals surface area contributed by atoms with Gasteiger partial charge in [-0.25, -0.2) is 9.50 Å². The van der Waals surface area contributed by atoms with Gasteiger partial charge in [0.1, 0.15) is 0 Å². The van der Waals surface area contributed by atoms with Crippen LogP contribution >= 0.6 is 0 Å². The van der Waals surface area contributed by atoms with E-state index < -0.39 is 24.9 Å². The molecule has 0 unspecified atom stereocenters. The van der Waals surface area contributed by atoms with Gasteiger partial charge in [0.05, 0.1) is 31.1 Å². The van der Waals surface area contributed by atoms with Crippen LogP contribution in [0.3, 0.4) is 0 Å². The van der Waals surface area contributed by atoms with E-state index in [1.165, 1.54) is 29.1 Å². The van der Waals surface area contributed by atoms with Crippen LogP contribution < -0.4 is 10.6 Å². The molecular formula is C22H22F3N5O2. The normalized spacial score (nSPS) is 13.8. The van der Waals surface area contributed by atoms with Crippen molar-refractivity contribution in [2.24, 2.45) is 0 Å². The molecule has 1 fully saturated rings. The van der Waals surface area contributed by atoms with Gasteiger partial charge in [0.25, 0.3) is 5.91 Å². The summed E-state index contributed by atoms with van der Waals surface area (Å²) in [6.07, 6.45) is -0.616. The maximum absolute atomic E-state index is 12.5. The molecule has 1 saturated carbocycles. The van der Waals surface area contributed by atoms with E-state index in [0.717, 1.165) is 0 Å². The number of nitrogens with one attached hydrogen (secondary N) is 2. The maximum atomic E-state index is 12.5. The van der Waals surface area contributed by atoms with Gasteiger partial charge in [-0.15, -0.1) is 0 Å². The average Bonchev–Trinajstić information content (AvgIpc) is 3.54. The number of fused-ring (bicyclic) bond motifs is 1. The number of hydrogen-bond donors (Lipinski definition) is 2. The number of imidazole rings is 1. The molecule has 7 nitrogen and oxygen atoms in total. The van der Waals surface area contributed by atoms with Gasteiger partial charge < -0.3 is 10.6 Å². The lowest BCUT2D eigenvalue weighted by Crippen LogP contribution is -2.24. The molecule has 0 radical (unpaired) electrons. The van der Waals surface area contributed by atoms with Gasteiger partial charge in [-0.1, -0.05) is 12.1 Å². The van der Waals surface area contributed by atoms with E-state index in [9.17, 15) is 22.8 Å². The first-order valence-corrected chi connectivity index (χ1v) is 10.3. The fourth-order valence-electron chi connectivity index (χ4n) is 3.31. The summed E-state index contributed by atoms with van der Waals surface area (Å²) in [5, 5.41) is 9.50. The molecule has 0 bridgehead atoms. The second kappa shape index (κ2) is 8.97. The van der Waals surface area contributed by atoms with Crippen molar-refractivity contribution in [2.75, 3.05) is 0 Å². The summed E-state index contributed by atoms with van der Waals surface area (Å²) in [6, 6.07) is 9.32. The molecule has 2 aromatic heterocycles. The van der Waals surface area contributed by atoms with Gasteiger partial charge in [-0.3, -0.25) is 9.59 Å². The molecule has 2 amide bonds. The number of benzene rings is 1. The summed E-state index contributed by atoms with van der Waals surface area (Å²) >= 11 is 0. The van der Waals surface area contributed by atoms with E-state index in [2.05, 4.69) is 20.7 Å². The second-order valence-corrected chi connectivity index (χ2v) is 7.87. The molecule has 0 atom stereocenters. The number of alkyl halides is 3. The molecule has 0 spiro atoms. The first-order chi connectivity index (χ1) is 15.3. The van der Waals surface area contributed by atoms with Crippen molar-refractivity contribution in [3.63, 3.8) is 0 Å². The van der Waals surface area contributed by atoms with Crippen molar-refractivity contribution < 1.29 is 22.8 Å². The number of carbonyl (C=O) groups excluding carboxylic acids is 2. The zero-order valence-electron chi connectivity index (χ0n) is 17.2. The molecule has 10 heteroatoms. The van der Waals surface area contributed by atoms with E-state index >= 15 is 0 Å². The van der Waals surface area contributed by atoms with Crippen molar-refractivity contribution in [3.05, 3.63) is 65.1 Å². The zero-order chi connectivity index (χ0) is 22.7. The van der Waals surface area contributed by atoms with Crippen LogP contribution in [-0.2, 0) is 17.9 Å². The molecule has 0 saturated heterocycles. The Morgan fingerprint density at radius 1 is 1.12 bits per heavy atom. The Morgan fingerprint density at radius 3 is 2.69 bits per heavy atom. The second-order valence-electron chi connectivity index (χ2n) is 7.87. The fraction of sp³-hybridized carbons (Fsp3) is 0.364. The fourth-order valence-corrected chi connectivity index (χ4v) is 3.31. The van der Waals surface area contributed by atoms with E-state index in [4.69, 9.17) is 0 Å². The monoisotopic (exact) mass is 445 g/mol. The quantitative estimate of drug-likeness (QED) is 0.556. The van der Waals surface area contributed by atoms with Crippen molar-refractivity contribution in [3.8, 4) is 0 Å². The minimum absolute atomic E-state index is 0.0520. The van der Waals surface area contributed by atoms with E-state index in [1.807, 2.05) is 18.2 Å². The van der Waals surface area contributed by atoms with Gasteiger partial charge in [0, 0.05) is 18.5 Å². The highest BCUT2D eigenvalue weighted by Gasteiger charge is 2.27. The molecule has 1 aliphatic carbocycles. The standard InChI is InChI=1S/C22H22F3N5O2/c23-22(24,25)7-6-20(31)26-10-14-8-19-29-18(13-30(19)28-11-14)12-27-21(32)17-3-1-2-16(9-17)15-4-5-15/h1-3,8-9,11,13,15H,4-7,10,12H2,(H,26,31)(H,27,32). The number of rotatable bonds is 8. The highest BCUT2D eigenvalue weighted by atomic mass is 19.4. The van der Waals surface area contributed by atoms with Gasteiger partial charge in [-0.2, -0.15) is 18.3 Å². The van der Waals surface area contributed by atoms with Crippen LogP contribution in [0, 0.1) is 0 Å². The van der Waals surface area contributed by atoms with Gasteiger partial charge in [-0.05, 0) is 48.1 Å². The van der Waals surface area contributed by atoms with Crippen molar-refractivity contribution in [1.82, 2.24) is 25.2 Å². The molecule has 1 aromatic carbocycles. The minimum Gasteiger partial charge on any atom is -0.352 e. The highest BCUT2D eigenvalue weighted by Crippen LogP contribution is 2.40. The largest absolute Gasteiger partial charge is 0.389 e. The predicted octanol–water partition coefficient (Wildman–Crippen LogP) is 3.50. The number of carbonyl (C=O) groups is 2. The van der Waals surface area contributed by atoms with Crippen LogP contribution in [0.5, 0.6) is 0 Å². The summed E-state index contributed by atoms with van der Waals surface area (Å²) in [6.45, 7) is 0.274. The molecule has 1 aliphatic rings. The molecule has 0 aliphatic heterocycles. The Kier molecular flexibility index (Phi) is 6.11. The smallest absolute Gasteiger partial charge is 0.352 e. The highest BCUT2D eigenvalue weighted by molar-refractivity contribution is 5.94. The number of halogens is 3. The van der Waals surface area contributed by atoms with Gasteiger partial charge >= 0.3 is 6.18 Å². The number of hydrogen-bond acceptors (Lipinski definition) is 4. The van der Waals surface area contributed by atoms with E-state index in [1.54, 1.807) is 18.3 Å². The number of amides is 2. The molecule has 168 valence electrons. The van der Waals surface area contributed by atoms with Crippen molar-refractivity contribution in [1.29, 1.82) is 0 Å². The van der Waals surface area contributed by atoms with Crippen LogP contribution in [-0.4, -0.2) is 32.6 Å². The molecule has 4 rings (SSSR count). The number of aromatic nitrogens is 3. The van der Waals surface area contributed by atoms with Crippen LogP contribution in [0.1, 0.15) is 58.8 Å². The number of nitrogens with zero attached hydrogens (tertiary/aromatic N) is 3. The molecular weight excluding hydrogens is 423 g/mol. The third-order valence-electron chi connectivity index (χ3n) is 5.18. The van der Waals surface area contributed by atoms with Crippen LogP contribution in [0.2, 0.25) is 0 Å². The summed E-state index contributed by atoms with van der Waals surface area (Å²) in [5.41, 5.74) is 3.52. The Balaban J connectivity index is 1.32. The van der Waals surface area contributed by atoms with Crippen LogP contribution in [0.25, 0.3) is 5.65 Å². The van der Waals surface area contributed by atoms with Gasteiger partial charge in [0.2, 0.25) is 5.91 Å². The molecule has 32 heavy (non-hydrogen) atoms. The Labute approximate surface area is 182 Å².